The number of benzene rings is 2. The van der Waals surface area contributed by atoms with Gasteiger partial charge in [0.1, 0.15) is 5.75 Å². The van der Waals surface area contributed by atoms with Gasteiger partial charge in [-0.05, 0) is 62.6 Å². The Morgan fingerprint density at radius 1 is 1.19 bits per heavy atom. The van der Waals surface area contributed by atoms with Crippen LogP contribution in [0, 0.1) is 19.8 Å². The molecule has 0 saturated carbocycles. The molecule has 1 aliphatic heterocycles. The number of sulfonamides is 1. The molecule has 1 unspecified atom stereocenters. The van der Waals surface area contributed by atoms with E-state index in [2.05, 4.69) is 9.71 Å². The molecule has 2 heterocycles. The minimum atomic E-state index is -4.19. The van der Waals surface area contributed by atoms with E-state index in [0.29, 0.717) is 35.2 Å². The standard InChI is InChI=1S/C24H26N2O5S/c1-15-8-11-21(30-4)19(12-15)24(13-16(2)14-31-24)23(27)26-32(28,29)22-7-5-6-20-18(22)10-9-17(3)25-20/h5-12,16H,13-14H2,1-4H3,(H,26,27)/t16?,24-/m1/s1. The molecule has 2 atom stereocenters. The van der Waals surface area contributed by atoms with Gasteiger partial charge in [0.25, 0.3) is 15.9 Å². The second-order valence-electron chi connectivity index (χ2n) is 8.36. The quantitative estimate of drug-likeness (QED) is 0.633. The highest BCUT2D eigenvalue weighted by Crippen LogP contribution is 2.44. The van der Waals surface area contributed by atoms with Crippen LogP contribution in [0.2, 0.25) is 0 Å². The zero-order valence-corrected chi connectivity index (χ0v) is 19.3. The van der Waals surface area contributed by atoms with Crippen LogP contribution in [-0.4, -0.2) is 33.0 Å². The molecule has 1 fully saturated rings. The van der Waals surface area contributed by atoms with Crippen molar-refractivity contribution in [3.05, 3.63) is 65.4 Å². The first kappa shape index (κ1) is 22.2. The van der Waals surface area contributed by atoms with Crippen LogP contribution in [0.3, 0.4) is 0 Å². The maximum absolute atomic E-state index is 13.6. The van der Waals surface area contributed by atoms with Crippen molar-refractivity contribution in [1.29, 1.82) is 0 Å². The predicted molar refractivity (Wildman–Crippen MR) is 121 cm³/mol. The molecule has 3 aromatic rings. The summed E-state index contributed by atoms with van der Waals surface area (Å²) in [6.45, 7) is 6.03. The summed E-state index contributed by atoms with van der Waals surface area (Å²) in [5.74, 6) is -0.191. The Morgan fingerprint density at radius 2 is 1.97 bits per heavy atom. The highest BCUT2D eigenvalue weighted by Gasteiger charge is 2.50. The normalized spacial score (nSPS) is 20.9. The summed E-state index contributed by atoms with van der Waals surface area (Å²) in [5.41, 5.74) is 1.28. The van der Waals surface area contributed by atoms with Crippen LogP contribution in [-0.2, 0) is 25.2 Å². The minimum absolute atomic E-state index is 0.00625. The summed E-state index contributed by atoms with van der Waals surface area (Å²) in [7, 11) is -2.68. The van der Waals surface area contributed by atoms with Crippen molar-refractivity contribution in [3.63, 3.8) is 0 Å². The second-order valence-corrected chi connectivity index (χ2v) is 10.0. The van der Waals surface area contributed by atoms with Crippen molar-refractivity contribution < 1.29 is 22.7 Å². The van der Waals surface area contributed by atoms with Crippen molar-refractivity contribution in [2.75, 3.05) is 13.7 Å². The van der Waals surface area contributed by atoms with Gasteiger partial charge in [0, 0.05) is 16.6 Å². The molecule has 2 aromatic carbocycles. The number of rotatable bonds is 5. The van der Waals surface area contributed by atoms with Crippen LogP contribution in [0.5, 0.6) is 5.75 Å². The monoisotopic (exact) mass is 454 g/mol. The number of nitrogens with one attached hydrogen (secondary N) is 1. The topological polar surface area (TPSA) is 94.6 Å². The molecule has 8 heteroatoms. The summed E-state index contributed by atoms with van der Waals surface area (Å²) in [4.78, 5) is 18.0. The van der Waals surface area contributed by atoms with Gasteiger partial charge in [-0.25, -0.2) is 13.1 Å². The maximum atomic E-state index is 13.6. The zero-order valence-electron chi connectivity index (χ0n) is 18.5. The fourth-order valence-electron chi connectivity index (χ4n) is 4.22. The van der Waals surface area contributed by atoms with Crippen molar-refractivity contribution >= 4 is 26.8 Å². The highest BCUT2D eigenvalue weighted by atomic mass is 32.2. The Balaban J connectivity index is 1.78. The van der Waals surface area contributed by atoms with Crippen LogP contribution in [0.25, 0.3) is 10.9 Å². The summed E-state index contributed by atoms with van der Waals surface area (Å²) in [6.07, 6.45) is 0.338. The van der Waals surface area contributed by atoms with E-state index < -0.39 is 21.5 Å². The number of fused-ring (bicyclic) bond motifs is 1. The van der Waals surface area contributed by atoms with E-state index >= 15 is 0 Å². The Hall–Kier alpha value is -2.97. The minimum Gasteiger partial charge on any atom is -0.496 e. The Kier molecular flexibility index (Phi) is 5.68. The van der Waals surface area contributed by atoms with Gasteiger partial charge in [0.2, 0.25) is 0 Å². The lowest BCUT2D eigenvalue weighted by Gasteiger charge is -2.29. The number of aryl methyl sites for hydroxylation is 2. The lowest BCUT2D eigenvalue weighted by atomic mass is 9.86. The molecular weight excluding hydrogens is 428 g/mol. The third-order valence-electron chi connectivity index (χ3n) is 5.75. The SMILES string of the molecule is COc1ccc(C)cc1[C@@]1(C(=O)NS(=O)(=O)c2cccc3nc(C)ccc23)CC(C)CO1. The van der Waals surface area contributed by atoms with E-state index in [9.17, 15) is 13.2 Å². The first-order chi connectivity index (χ1) is 15.2. The molecule has 168 valence electrons. The predicted octanol–water partition coefficient (Wildman–Crippen LogP) is 3.62. The molecule has 4 rings (SSSR count). The molecule has 0 radical (unpaired) electrons. The van der Waals surface area contributed by atoms with Crippen molar-refractivity contribution in [2.24, 2.45) is 5.92 Å². The van der Waals surface area contributed by atoms with Crippen LogP contribution < -0.4 is 9.46 Å². The largest absolute Gasteiger partial charge is 0.496 e. The third-order valence-corrected chi connectivity index (χ3v) is 7.14. The van der Waals surface area contributed by atoms with Gasteiger partial charge in [-0.2, -0.15) is 0 Å². The lowest BCUT2D eigenvalue weighted by molar-refractivity contribution is -0.140. The van der Waals surface area contributed by atoms with Gasteiger partial charge in [0.05, 0.1) is 24.1 Å². The highest BCUT2D eigenvalue weighted by molar-refractivity contribution is 7.90. The molecule has 1 amide bonds. The summed E-state index contributed by atoms with van der Waals surface area (Å²) in [6, 6.07) is 13.7. The van der Waals surface area contributed by atoms with Gasteiger partial charge >= 0.3 is 0 Å². The van der Waals surface area contributed by atoms with Crippen molar-refractivity contribution in [2.45, 2.75) is 37.7 Å². The Bertz CT molecular complexity index is 1300. The van der Waals surface area contributed by atoms with Crippen LogP contribution >= 0.6 is 0 Å². The van der Waals surface area contributed by atoms with Gasteiger partial charge < -0.3 is 9.47 Å². The van der Waals surface area contributed by atoms with Gasteiger partial charge in [0.15, 0.2) is 5.60 Å². The number of hydrogen-bond acceptors (Lipinski definition) is 6. The van der Waals surface area contributed by atoms with Crippen molar-refractivity contribution in [3.8, 4) is 5.75 Å². The zero-order chi connectivity index (χ0) is 23.1. The number of nitrogens with zero attached hydrogens (tertiary/aromatic N) is 1. The Morgan fingerprint density at radius 3 is 2.66 bits per heavy atom. The van der Waals surface area contributed by atoms with Gasteiger partial charge in [-0.3, -0.25) is 9.78 Å². The summed E-state index contributed by atoms with van der Waals surface area (Å²) >= 11 is 0. The fraction of sp³-hybridized carbons (Fsp3) is 0.333. The number of methoxy groups -OCH3 is 1. The molecular formula is C24H26N2O5S. The van der Waals surface area contributed by atoms with Crippen LogP contribution in [0.15, 0.2) is 53.4 Å². The molecule has 7 nitrogen and oxygen atoms in total. The maximum Gasteiger partial charge on any atom is 0.270 e. The molecule has 0 spiro atoms. The first-order valence-corrected chi connectivity index (χ1v) is 11.9. The average Bonchev–Trinajstić information content (AvgIpc) is 3.15. The first-order valence-electron chi connectivity index (χ1n) is 10.4. The van der Waals surface area contributed by atoms with Crippen LogP contribution in [0.1, 0.15) is 30.2 Å². The van der Waals surface area contributed by atoms with Crippen LogP contribution in [0.4, 0.5) is 0 Å². The smallest absolute Gasteiger partial charge is 0.270 e. The van der Waals surface area contributed by atoms with E-state index in [4.69, 9.17) is 9.47 Å². The van der Waals surface area contributed by atoms with E-state index in [1.807, 2.05) is 32.9 Å². The van der Waals surface area contributed by atoms with Gasteiger partial charge in [-0.15, -0.1) is 0 Å². The fourth-order valence-corrected chi connectivity index (χ4v) is 5.46. The number of aromatic nitrogens is 1. The summed E-state index contributed by atoms with van der Waals surface area (Å²) < 4.78 is 40.4. The van der Waals surface area contributed by atoms with E-state index in [-0.39, 0.29) is 10.8 Å². The van der Waals surface area contributed by atoms with Crippen molar-refractivity contribution in [1.82, 2.24) is 9.71 Å². The van der Waals surface area contributed by atoms with Gasteiger partial charge in [-0.1, -0.05) is 24.6 Å². The number of carbonyl (C=O) groups is 1. The van der Waals surface area contributed by atoms with E-state index in [1.54, 1.807) is 30.3 Å². The molecule has 1 aromatic heterocycles. The lowest BCUT2D eigenvalue weighted by Crippen LogP contribution is -2.46. The molecule has 0 bridgehead atoms. The Labute approximate surface area is 187 Å². The molecule has 1 saturated heterocycles. The number of hydrogen-bond donors (Lipinski definition) is 1. The molecule has 0 aliphatic carbocycles. The third kappa shape index (κ3) is 3.84. The average molecular weight is 455 g/mol. The molecule has 1 aliphatic rings. The van der Waals surface area contributed by atoms with E-state index in [0.717, 1.165) is 11.3 Å². The second kappa shape index (κ2) is 8.18. The number of carbonyl (C=O) groups excluding carboxylic acids is 1. The number of ether oxygens (including phenoxy) is 2. The number of pyridine rings is 1. The molecule has 1 N–H and O–H groups in total. The number of amides is 1. The van der Waals surface area contributed by atoms with E-state index in [1.165, 1.54) is 13.2 Å². The summed E-state index contributed by atoms with van der Waals surface area (Å²) in [5, 5.41) is 0.446. The molecule has 32 heavy (non-hydrogen) atoms.